The summed E-state index contributed by atoms with van der Waals surface area (Å²) >= 11 is 0. The highest BCUT2D eigenvalue weighted by atomic mass is 16.5. The molecule has 2 heteroatoms. The molecule has 0 radical (unpaired) electrons. The zero-order valence-corrected chi connectivity index (χ0v) is 25.8. The number of allylic oxidation sites excluding steroid dienone is 1. The summed E-state index contributed by atoms with van der Waals surface area (Å²) in [6, 6.07) is 0. The maximum absolute atomic E-state index is 12.6. The van der Waals surface area contributed by atoms with E-state index >= 15 is 0 Å². The Labute approximate surface area is 236 Å². The monoisotopic (exact) mass is 526 g/mol. The van der Waals surface area contributed by atoms with Crippen molar-refractivity contribution in [1.29, 1.82) is 0 Å². The van der Waals surface area contributed by atoms with Gasteiger partial charge in [0.25, 0.3) is 0 Å². The Balaban J connectivity index is 1.27. The minimum atomic E-state index is 0.0548. The smallest absolute Gasteiger partial charge is 0.306 e. The molecule has 0 aromatic carbocycles. The molecular formula is C36H62O2. The van der Waals surface area contributed by atoms with Crippen LogP contribution < -0.4 is 0 Å². The minimum absolute atomic E-state index is 0.0548. The number of hydrogen-bond acceptors (Lipinski definition) is 2. The van der Waals surface area contributed by atoms with Crippen molar-refractivity contribution in [1.82, 2.24) is 0 Å². The number of rotatable bonds is 15. The summed E-state index contributed by atoms with van der Waals surface area (Å²) < 4.78 is 6.04. The highest BCUT2D eigenvalue weighted by Gasteiger charge is 2.58. The van der Waals surface area contributed by atoms with Crippen molar-refractivity contribution in [3.05, 3.63) is 11.6 Å². The van der Waals surface area contributed by atoms with Crippen molar-refractivity contribution >= 4 is 5.97 Å². The Morgan fingerprint density at radius 3 is 2.24 bits per heavy atom. The van der Waals surface area contributed by atoms with Gasteiger partial charge in [-0.3, -0.25) is 4.79 Å². The van der Waals surface area contributed by atoms with E-state index in [0.29, 0.717) is 17.3 Å². The summed E-state index contributed by atoms with van der Waals surface area (Å²) in [4.78, 5) is 12.6. The first-order valence-electron chi connectivity index (χ1n) is 17.3. The summed E-state index contributed by atoms with van der Waals surface area (Å²) in [6.07, 6.45) is 31.2. The van der Waals surface area contributed by atoms with E-state index in [9.17, 15) is 4.79 Å². The van der Waals surface area contributed by atoms with Crippen LogP contribution in [-0.2, 0) is 9.53 Å². The largest absolute Gasteiger partial charge is 0.462 e. The summed E-state index contributed by atoms with van der Waals surface area (Å²) in [5, 5.41) is 0. The number of unbranched alkanes of at least 4 members (excludes halogenated alkanes) is 10. The van der Waals surface area contributed by atoms with Gasteiger partial charge in [0, 0.05) is 12.8 Å². The number of fused-ring (bicyclic) bond motifs is 5. The lowest BCUT2D eigenvalue weighted by atomic mass is 9.47. The third kappa shape index (κ3) is 6.91. The molecule has 0 amide bonds. The molecule has 7 atom stereocenters. The second-order valence-corrected chi connectivity index (χ2v) is 14.5. The number of esters is 1. The van der Waals surface area contributed by atoms with Gasteiger partial charge < -0.3 is 4.74 Å². The third-order valence-corrected chi connectivity index (χ3v) is 12.2. The van der Waals surface area contributed by atoms with Gasteiger partial charge in [-0.1, -0.05) is 110 Å². The number of ether oxygens (including phenoxy) is 1. The van der Waals surface area contributed by atoms with Crippen molar-refractivity contribution in [2.75, 3.05) is 0 Å². The van der Waals surface area contributed by atoms with Gasteiger partial charge in [0.05, 0.1) is 0 Å². The summed E-state index contributed by atoms with van der Waals surface area (Å²) in [7, 11) is 0. The number of hydrogen-bond donors (Lipinski definition) is 0. The van der Waals surface area contributed by atoms with Crippen LogP contribution in [-0.4, -0.2) is 12.1 Å². The van der Waals surface area contributed by atoms with Crippen LogP contribution in [0.15, 0.2) is 11.6 Å². The second-order valence-electron chi connectivity index (χ2n) is 14.5. The zero-order valence-electron chi connectivity index (χ0n) is 25.8. The van der Waals surface area contributed by atoms with Crippen LogP contribution in [0.3, 0.4) is 0 Å². The zero-order chi connectivity index (χ0) is 27.0. The first-order valence-corrected chi connectivity index (χ1v) is 17.3. The maximum Gasteiger partial charge on any atom is 0.306 e. The van der Waals surface area contributed by atoms with Crippen molar-refractivity contribution < 1.29 is 9.53 Å². The lowest BCUT2D eigenvalue weighted by Crippen LogP contribution is -2.50. The standard InChI is InChI=1S/C36H62O2/c1-5-7-9-11-13-15-17-28-20-22-32-31-21-19-29-27-30(38-34(37)18-16-14-12-10-8-6-2)23-25-36(29,4)33(31)24-26-35(28,32)3/h19,28,30-33H,5-18,20-27H2,1-4H3/t28-,30-,31-,32+,33-,35+,36-/m0/s1. The molecule has 0 aromatic heterocycles. The fraction of sp³-hybridized carbons (Fsp3) is 0.917. The highest BCUT2D eigenvalue weighted by Crippen LogP contribution is 2.66. The van der Waals surface area contributed by atoms with E-state index in [0.717, 1.165) is 42.9 Å². The SMILES string of the molecule is CCCCCCCCC(=O)O[C@H]1CC[C@@]2(C)C(=CC[C@H]3[C@H]4CC[C@H](CCCCCCCC)[C@@]4(C)CC[C@@H]32)C1. The number of carbonyl (C=O) groups is 1. The Hall–Kier alpha value is -0.790. The molecule has 0 saturated heterocycles. The molecule has 218 valence electrons. The van der Waals surface area contributed by atoms with Crippen LogP contribution in [0.4, 0.5) is 0 Å². The average molecular weight is 527 g/mol. The lowest BCUT2D eigenvalue weighted by Gasteiger charge is -2.58. The molecule has 0 aromatic rings. The minimum Gasteiger partial charge on any atom is -0.462 e. The molecule has 4 rings (SSSR count). The van der Waals surface area contributed by atoms with E-state index in [2.05, 4.69) is 33.8 Å². The lowest BCUT2D eigenvalue weighted by molar-refractivity contribution is -0.151. The second kappa shape index (κ2) is 14.2. The highest BCUT2D eigenvalue weighted by molar-refractivity contribution is 5.69. The van der Waals surface area contributed by atoms with Crippen molar-refractivity contribution in [3.8, 4) is 0 Å². The molecule has 0 unspecified atom stereocenters. The van der Waals surface area contributed by atoms with Crippen molar-refractivity contribution in [2.24, 2.45) is 34.5 Å². The van der Waals surface area contributed by atoms with Crippen LogP contribution in [0, 0.1) is 34.5 Å². The van der Waals surface area contributed by atoms with Crippen LogP contribution >= 0.6 is 0 Å². The summed E-state index contributed by atoms with van der Waals surface area (Å²) in [6.45, 7) is 9.86. The Morgan fingerprint density at radius 1 is 0.816 bits per heavy atom. The van der Waals surface area contributed by atoms with Gasteiger partial charge in [0.15, 0.2) is 0 Å². The van der Waals surface area contributed by atoms with Gasteiger partial charge in [-0.05, 0) is 92.3 Å². The van der Waals surface area contributed by atoms with E-state index in [1.807, 2.05) is 0 Å². The van der Waals surface area contributed by atoms with E-state index in [-0.39, 0.29) is 12.1 Å². The molecule has 3 fully saturated rings. The fourth-order valence-electron chi connectivity index (χ4n) is 9.78. The van der Waals surface area contributed by atoms with E-state index in [1.165, 1.54) is 116 Å². The quantitative estimate of drug-likeness (QED) is 0.120. The molecule has 0 N–H and O–H groups in total. The molecule has 0 aliphatic heterocycles. The van der Waals surface area contributed by atoms with E-state index in [4.69, 9.17) is 4.74 Å². The summed E-state index contributed by atoms with van der Waals surface area (Å²) in [5.41, 5.74) is 2.59. The molecule has 4 aliphatic carbocycles. The predicted octanol–water partition coefficient (Wildman–Crippen LogP) is 11.0. The van der Waals surface area contributed by atoms with E-state index < -0.39 is 0 Å². The van der Waals surface area contributed by atoms with Crippen LogP contribution in [0.5, 0.6) is 0 Å². The topological polar surface area (TPSA) is 26.3 Å². The van der Waals surface area contributed by atoms with Crippen LogP contribution in [0.1, 0.15) is 169 Å². The van der Waals surface area contributed by atoms with Gasteiger partial charge in [0.1, 0.15) is 6.10 Å². The van der Waals surface area contributed by atoms with Gasteiger partial charge in [-0.25, -0.2) is 0 Å². The molecule has 0 spiro atoms. The Morgan fingerprint density at radius 2 is 1.50 bits per heavy atom. The average Bonchev–Trinajstić information content (AvgIpc) is 3.24. The first kappa shape index (κ1) is 30.2. The van der Waals surface area contributed by atoms with Crippen molar-refractivity contribution in [2.45, 2.75) is 175 Å². The Bertz CT molecular complexity index is 769. The normalized spacial score (nSPS) is 36.2. The molecule has 4 aliphatic rings. The molecular weight excluding hydrogens is 464 g/mol. The first-order chi connectivity index (χ1) is 18.4. The molecule has 0 bridgehead atoms. The van der Waals surface area contributed by atoms with Gasteiger partial charge in [0.2, 0.25) is 0 Å². The Kier molecular flexibility index (Phi) is 11.3. The molecule has 38 heavy (non-hydrogen) atoms. The van der Waals surface area contributed by atoms with Gasteiger partial charge in [-0.2, -0.15) is 0 Å². The van der Waals surface area contributed by atoms with Gasteiger partial charge in [-0.15, -0.1) is 0 Å². The number of carbonyl (C=O) groups excluding carboxylic acids is 1. The van der Waals surface area contributed by atoms with E-state index in [1.54, 1.807) is 5.57 Å². The molecule has 2 nitrogen and oxygen atoms in total. The van der Waals surface area contributed by atoms with Crippen LogP contribution in [0.25, 0.3) is 0 Å². The maximum atomic E-state index is 12.6. The molecule has 0 heterocycles. The van der Waals surface area contributed by atoms with Crippen molar-refractivity contribution in [3.63, 3.8) is 0 Å². The van der Waals surface area contributed by atoms with Gasteiger partial charge >= 0.3 is 5.97 Å². The summed E-state index contributed by atoms with van der Waals surface area (Å²) in [5.74, 6) is 3.71. The third-order valence-electron chi connectivity index (χ3n) is 12.2. The van der Waals surface area contributed by atoms with Crippen LogP contribution in [0.2, 0.25) is 0 Å². The fourth-order valence-corrected chi connectivity index (χ4v) is 9.78. The predicted molar refractivity (Wildman–Crippen MR) is 161 cm³/mol. The molecule has 3 saturated carbocycles.